The molecule has 1 rings (SSSR count). The van der Waals surface area contributed by atoms with E-state index in [9.17, 15) is 4.39 Å². The van der Waals surface area contributed by atoms with Crippen LogP contribution >= 0.6 is 0 Å². The van der Waals surface area contributed by atoms with Crippen LogP contribution in [0.1, 0.15) is 64.0 Å². The standard InChI is InChI=1S/C16H26FNO/c1-3-4-5-6-7-8-11-19-16-12-14(17)9-10-15(16)13(2)18/h9-10,12-13H,3-8,11,18H2,1-2H3/t13-/m1/s1. The van der Waals surface area contributed by atoms with Crippen LogP contribution in [-0.2, 0) is 0 Å². The topological polar surface area (TPSA) is 35.2 Å². The first-order chi connectivity index (χ1) is 9.15. The van der Waals surface area contributed by atoms with Crippen LogP contribution in [0.5, 0.6) is 5.75 Å². The molecule has 0 saturated carbocycles. The van der Waals surface area contributed by atoms with Gasteiger partial charge in [0.05, 0.1) is 6.61 Å². The summed E-state index contributed by atoms with van der Waals surface area (Å²) in [4.78, 5) is 0. The second kappa shape index (κ2) is 8.92. The highest BCUT2D eigenvalue weighted by atomic mass is 19.1. The third kappa shape index (κ3) is 6.06. The van der Waals surface area contributed by atoms with E-state index in [1.165, 1.54) is 44.2 Å². The SMILES string of the molecule is CCCCCCCCOc1cc(F)ccc1[C@@H](C)N. The maximum Gasteiger partial charge on any atom is 0.126 e. The number of hydrogen-bond donors (Lipinski definition) is 1. The minimum atomic E-state index is -0.276. The smallest absolute Gasteiger partial charge is 0.126 e. The van der Waals surface area contributed by atoms with Gasteiger partial charge in [0.25, 0.3) is 0 Å². The van der Waals surface area contributed by atoms with Gasteiger partial charge in [-0.05, 0) is 19.4 Å². The van der Waals surface area contributed by atoms with Crippen molar-refractivity contribution in [2.24, 2.45) is 5.73 Å². The van der Waals surface area contributed by atoms with Crippen LogP contribution in [0.2, 0.25) is 0 Å². The van der Waals surface area contributed by atoms with E-state index in [2.05, 4.69) is 6.92 Å². The molecule has 1 atom stereocenters. The first-order valence-electron chi connectivity index (χ1n) is 7.33. The van der Waals surface area contributed by atoms with E-state index in [1.54, 1.807) is 6.07 Å². The zero-order valence-electron chi connectivity index (χ0n) is 12.1. The van der Waals surface area contributed by atoms with Gasteiger partial charge in [0, 0.05) is 17.7 Å². The van der Waals surface area contributed by atoms with Gasteiger partial charge in [0.2, 0.25) is 0 Å². The quantitative estimate of drug-likeness (QED) is 0.664. The molecule has 1 aromatic rings. The Hall–Kier alpha value is -1.09. The van der Waals surface area contributed by atoms with Crippen molar-refractivity contribution in [3.05, 3.63) is 29.6 Å². The van der Waals surface area contributed by atoms with Crippen molar-refractivity contribution in [2.75, 3.05) is 6.61 Å². The maximum absolute atomic E-state index is 13.2. The van der Waals surface area contributed by atoms with Gasteiger partial charge >= 0.3 is 0 Å². The molecule has 0 unspecified atom stereocenters. The summed E-state index contributed by atoms with van der Waals surface area (Å²) in [5.41, 5.74) is 6.72. The molecule has 2 N–H and O–H groups in total. The van der Waals surface area contributed by atoms with E-state index in [4.69, 9.17) is 10.5 Å². The fraction of sp³-hybridized carbons (Fsp3) is 0.625. The van der Waals surface area contributed by atoms with Gasteiger partial charge in [-0.15, -0.1) is 0 Å². The minimum absolute atomic E-state index is 0.139. The van der Waals surface area contributed by atoms with Crippen LogP contribution in [0.3, 0.4) is 0 Å². The molecule has 0 aliphatic carbocycles. The number of hydrogen-bond acceptors (Lipinski definition) is 2. The van der Waals surface area contributed by atoms with Crippen LogP contribution in [0.4, 0.5) is 4.39 Å². The number of unbranched alkanes of at least 4 members (excludes halogenated alkanes) is 5. The van der Waals surface area contributed by atoms with E-state index in [1.807, 2.05) is 6.92 Å². The average molecular weight is 267 g/mol. The van der Waals surface area contributed by atoms with Gasteiger partial charge in [-0.1, -0.05) is 45.1 Å². The summed E-state index contributed by atoms with van der Waals surface area (Å²) in [5, 5.41) is 0. The summed E-state index contributed by atoms with van der Waals surface area (Å²) in [6, 6.07) is 4.42. The van der Waals surface area contributed by atoms with E-state index in [0.717, 1.165) is 12.0 Å². The van der Waals surface area contributed by atoms with E-state index in [-0.39, 0.29) is 11.9 Å². The third-order valence-electron chi connectivity index (χ3n) is 3.22. The number of halogens is 1. The molecule has 3 heteroatoms. The highest BCUT2D eigenvalue weighted by molar-refractivity contribution is 5.36. The maximum atomic E-state index is 13.2. The summed E-state index contributed by atoms with van der Waals surface area (Å²) >= 11 is 0. The molecular weight excluding hydrogens is 241 g/mol. The lowest BCUT2D eigenvalue weighted by atomic mass is 10.1. The van der Waals surface area contributed by atoms with Gasteiger partial charge in [-0.3, -0.25) is 0 Å². The Bertz CT molecular complexity index is 366. The molecule has 0 spiro atoms. The molecule has 108 valence electrons. The van der Waals surface area contributed by atoms with Crippen molar-refractivity contribution >= 4 is 0 Å². The molecule has 0 aromatic heterocycles. The molecule has 19 heavy (non-hydrogen) atoms. The summed E-state index contributed by atoms with van der Waals surface area (Å²) in [6.07, 6.45) is 7.29. The summed E-state index contributed by atoms with van der Waals surface area (Å²) < 4.78 is 18.9. The predicted molar refractivity (Wildman–Crippen MR) is 77.9 cm³/mol. The fourth-order valence-corrected chi connectivity index (χ4v) is 2.07. The Morgan fingerprint density at radius 1 is 1.16 bits per heavy atom. The van der Waals surface area contributed by atoms with Gasteiger partial charge in [-0.25, -0.2) is 4.39 Å². The predicted octanol–water partition coefficient (Wildman–Crippen LogP) is 4.58. The monoisotopic (exact) mass is 267 g/mol. The zero-order chi connectivity index (χ0) is 14.1. The van der Waals surface area contributed by atoms with Crippen molar-refractivity contribution < 1.29 is 9.13 Å². The van der Waals surface area contributed by atoms with Crippen molar-refractivity contribution in [2.45, 2.75) is 58.4 Å². The molecule has 0 bridgehead atoms. The Balaban J connectivity index is 2.34. The average Bonchev–Trinajstić information content (AvgIpc) is 2.37. The molecule has 0 aliphatic rings. The van der Waals surface area contributed by atoms with Gasteiger partial charge in [-0.2, -0.15) is 0 Å². The number of rotatable bonds is 9. The van der Waals surface area contributed by atoms with Crippen molar-refractivity contribution in [3.63, 3.8) is 0 Å². The van der Waals surface area contributed by atoms with Crippen molar-refractivity contribution in [1.82, 2.24) is 0 Å². The van der Waals surface area contributed by atoms with Crippen LogP contribution in [0.15, 0.2) is 18.2 Å². The van der Waals surface area contributed by atoms with Crippen LogP contribution in [0.25, 0.3) is 0 Å². The van der Waals surface area contributed by atoms with Crippen molar-refractivity contribution in [1.29, 1.82) is 0 Å². The normalized spacial score (nSPS) is 12.4. The molecular formula is C16H26FNO. The van der Waals surface area contributed by atoms with Gasteiger partial charge in [0.15, 0.2) is 0 Å². The Morgan fingerprint density at radius 2 is 1.84 bits per heavy atom. The van der Waals surface area contributed by atoms with E-state index >= 15 is 0 Å². The van der Waals surface area contributed by atoms with Crippen LogP contribution in [0, 0.1) is 5.82 Å². The number of benzene rings is 1. The van der Waals surface area contributed by atoms with Crippen LogP contribution in [-0.4, -0.2) is 6.61 Å². The molecule has 0 aliphatic heterocycles. The molecule has 0 radical (unpaired) electrons. The zero-order valence-corrected chi connectivity index (χ0v) is 12.1. The van der Waals surface area contributed by atoms with E-state index < -0.39 is 0 Å². The third-order valence-corrected chi connectivity index (χ3v) is 3.22. The van der Waals surface area contributed by atoms with Crippen molar-refractivity contribution in [3.8, 4) is 5.75 Å². The molecule has 0 heterocycles. The first kappa shape index (κ1) is 16.0. The Kier molecular flexibility index (Phi) is 7.49. The fourth-order valence-electron chi connectivity index (χ4n) is 2.07. The largest absolute Gasteiger partial charge is 0.493 e. The summed E-state index contributed by atoms with van der Waals surface area (Å²) in [6.45, 7) is 4.72. The Labute approximate surface area is 116 Å². The highest BCUT2D eigenvalue weighted by Crippen LogP contribution is 2.25. The van der Waals surface area contributed by atoms with E-state index in [0.29, 0.717) is 12.4 Å². The summed E-state index contributed by atoms with van der Waals surface area (Å²) in [5.74, 6) is 0.311. The van der Waals surface area contributed by atoms with Gasteiger partial charge in [0.1, 0.15) is 11.6 Å². The number of nitrogens with two attached hydrogens (primary N) is 1. The minimum Gasteiger partial charge on any atom is -0.493 e. The second-order valence-electron chi connectivity index (χ2n) is 5.09. The lowest BCUT2D eigenvalue weighted by molar-refractivity contribution is 0.298. The second-order valence-corrected chi connectivity index (χ2v) is 5.09. The van der Waals surface area contributed by atoms with Gasteiger partial charge < -0.3 is 10.5 Å². The lowest BCUT2D eigenvalue weighted by Gasteiger charge is -2.14. The number of ether oxygens (including phenoxy) is 1. The highest BCUT2D eigenvalue weighted by Gasteiger charge is 2.09. The lowest BCUT2D eigenvalue weighted by Crippen LogP contribution is -2.09. The molecule has 2 nitrogen and oxygen atoms in total. The molecule has 1 aromatic carbocycles. The molecule has 0 amide bonds. The molecule has 0 fully saturated rings. The Morgan fingerprint density at radius 3 is 2.53 bits per heavy atom. The first-order valence-corrected chi connectivity index (χ1v) is 7.33. The summed E-state index contributed by atoms with van der Waals surface area (Å²) in [7, 11) is 0. The van der Waals surface area contributed by atoms with Crippen LogP contribution < -0.4 is 10.5 Å². The molecule has 0 saturated heterocycles.